The summed E-state index contributed by atoms with van der Waals surface area (Å²) < 4.78 is 7.06. The zero-order chi connectivity index (χ0) is 24.7. The summed E-state index contributed by atoms with van der Waals surface area (Å²) in [4.78, 5) is 46.4. The summed E-state index contributed by atoms with van der Waals surface area (Å²) >= 11 is 0. The summed E-state index contributed by atoms with van der Waals surface area (Å²) in [6, 6.07) is 5.18. The smallest absolute Gasteiger partial charge is 0.410 e. The van der Waals surface area contributed by atoms with Crippen molar-refractivity contribution in [1.82, 2.24) is 24.8 Å². The van der Waals surface area contributed by atoms with Crippen LogP contribution in [0.25, 0.3) is 16.6 Å². The van der Waals surface area contributed by atoms with Gasteiger partial charge in [-0.1, -0.05) is 12.1 Å². The van der Waals surface area contributed by atoms with Gasteiger partial charge in [0.25, 0.3) is 0 Å². The molecule has 0 radical (unpaired) electrons. The topological polar surface area (TPSA) is 117 Å². The Morgan fingerprint density at radius 1 is 1.29 bits per heavy atom. The lowest BCUT2D eigenvalue weighted by Gasteiger charge is -2.44. The number of amides is 3. The first-order chi connectivity index (χ1) is 16.9. The minimum Gasteiger partial charge on any atom is -0.453 e. The third kappa shape index (κ3) is 4.16. The van der Waals surface area contributed by atoms with Gasteiger partial charge in [-0.2, -0.15) is 0 Å². The van der Waals surface area contributed by atoms with Crippen LogP contribution in [0, 0.1) is 11.3 Å². The van der Waals surface area contributed by atoms with Gasteiger partial charge < -0.3 is 14.2 Å². The molecule has 1 saturated heterocycles. The van der Waals surface area contributed by atoms with E-state index in [0.717, 1.165) is 41.6 Å². The van der Waals surface area contributed by atoms with Gasteiger partial charge >= 0.3 is 6.09 Å². The highest BCUT2D eigenvalue weighted by Crippen LogP contribution is 2.55. The Morgan fingerprint density at radius 3 is 2.71 bits per heavy atom. The molecule has 1 spiro atoms. The number of nitrogens with one attached hydrogen (secondary N) is 1. The van der Waals surface area contributed by atoms with E-state index in [1.54, 1.807) is 10.4 Å². The first-order valence-corrected chi connectivity index (χ1v) is 12.1. The molecule has 2 atom stereocenters. The van der Waals surface area contributed by atoms with Gasteiger partial charge in [0.15, 0.2) is 0 Å². The fourth-order valence-corrected chi connectivity index (χ4v) is 5.61. The molecule has 35 heavy (non-hydrogen) atoms. The van der Waals surface area contributed by atoms with Crippen molar-refractivity contribution in [1.29, 1.82) is 0 Å². The average Bonchev–Trinajstić information content (AvgIpc) is 3.51. The second-order valence-corrected chi connectivity index (χ2v) is 9.83. The number of benzene rings is 1. The maximum atomic E-state index is 13.7. The molecule has 2 N–H and O–H groups in total. The third-order valence-electron chi connectivity index (χ3n) is 7.80. The number of methoxy groups -OCH3 is 1. The lowest BCUT2D eigenvalue weighted by Crippen LogP contribution is -2.62. The van der Waals surface area contributed by atoms with Crippen LogP contribution in [0.1, 0.15) is 38.2 Å². The molecule has 1 aromatic carbocycles. The molecule has 0 bridgehead atoms. The zero-order valence-electron chi connectivity index (χ0n) is 20.1. The monoisotopic (exact) mass is 481 g/mol. The Kier molecular flexibility index (Phi) is 6.00. The van der Waals surface area contributed by atoms with E-state index in [2.05, 4.69) is 28.6 Å². The number of hydrogen-bond acceptors (Lipinski definition) is 6. The average molecular weight is 482 g/mol. The number of piperidine rings is 1. The lowest BCUT2D eigenvalue weighted by atomic mass is 9.79. The van der Waals surface area contributed by atoms with Crippen LogP contribution in [-0.2, 0) is 20.9 Å². The summed E-state index contributed by atoms with van der Waals surface area (Å²) in [5.74, 6) is -1.77. The van der Waals surface area contributed by atoms with Crippen LogP contribution in [0.2, 0.25) is 0 Å². The van der Waals surface area contributed by atoms with E-state index in [1.807, 2.05) is 18.5 Å². The van der Waals surface area contributed by atoms with E-state index in [0.29, 0.717) is 32.5 Å². The zero-order valence-corrected chi connectivity index (χ0v) is 20.1. The summed E-state index contributed by atoms with van der Waals surface area (Å²) in [5, 5.41) is 9.35. The maximum absolute atomic E-state index is 13.7. The highest BCUT2D eigenvalue weighted by atomic mass is 16.5. The van der Waals surface area contributed by atoms with Gasteiger partial charge in [0.1, 0.15) is 6.04 Å². The van der Waals surface area contributed by atoms with Crippen molar-refractivity contribution in [2.24, 2.45) is 11.3 Å². The molecule has 2 fully saturated rings. The van der Waals surface area contributed by atoms with Crippen LogP contribution in [0.15, 0.2) is 30.6 Å². The Bertz CT molecular complexity index is 1170. The molecular formula is C25H31N5O5. The van der Waals surface area contributed by atoms with E-state index in [1.165, 1.54) is 12.0 Å². The highest BCUT2D eigenvalue weighted by Gasteiger charge is 2.57. The van der Waals surface area contributed by atoms with Crippen molar-refractivity contribution in [2.75, 3.05) is 26.7 Å². The van der Waals surface area contributed by atoms with Crippen LogP contribution >= 0.6 is 0 Å². The fraction of sp³-hybridized carbons (Fsp3) is 0.520. The molecule has 5 rings (SSSR count). The number of carbonyl (C=O) groups excluding carboxylic acids is 3. The molecule has 2 aromatic rings. The molecule has 3 amide bonds. The predicted molar refractivity (Wildman–Crippen MR) is 127 cm³/mol. The molecule has 2 aliphatic heterocycles. The van der Waals surface area contributed by atoms with Gasteiger partial charge in [-0.05, 0) is 61.3 Å². The summed E-state index contributed by atoms with van der Waals surface area (Å²) in [5.41, 5.74) is 5.80. The van der Waals surface area contributed by atoms with Crippen molar-refractivity contribution in [2.45, 2.75) is 45.2 Å². The van der Waals surface area contributed by atoms with Gasteiger partial charge in [-0.3, -0.25) is 19.7 Å². The molecule has 2 unspecified atom stereocenters. The number of imidazole rings is 1. The predicted octanol–water partition coefficient (Wildman–Crippen LogP) is 2.41. The molecule has 1 aliphatic carbocycles. The molecule has 3 aliphatic rings. The van der Waals surface area contributed by atoms with Gasteiger partial charge in [-0.15, -0.1) is 0 Å². The van der Waals surface area contributed by atoms with E-state index in [-0.39, 0.29) is 11.3 Å². The van der Waals surface area contributed by atoms with E-state index in [4.69, 9.17) is 4.74 Å². The SMILES string of the molecule is CCn1cnc2ccc(C3=CCN(C(=O)C4C(C(=O)NO)CC5(CC5)CN4C(=O)OC)CC3)cc21. The van der Waals surface area contributed by atoms with Gasteiger partial charge in [0.05, 0.1) is 30.4 Å². The van der Waals surface area contributed by atoms with Crippen LogP contribution in [0.4, 0.5) is 4.79 Å². The Balaban J connectivity index is 1.38. The molecular weight excluding hydrogens is 450 g/mol. The van der Waals surface area contributed by atoms with Crippen molar-refractivity contribution >= 4 is 34.5 Å². The Labute approximate surface area is 203 Å². The molecule has 10 nitrogen and oxygen atoms in total. The number of aromatic nitrogens is 2. The van der Waals surface area contributed by atoms with E-state index < -0.39 is 24.0 Å². The highest BCUT2D eigenvalue weighted by molar-refractivity contribution is 5.93. The van der Waals surface area contributed by atoms with Crippen LogP contribution in [0.5, 0.6) is 0 Å². The van der Waals surface area contributed by atoms with Crippen molar-refractivity contribution in [3.63, 3.8) is 0 Å². The number of rotatable bonds is 4. The van der Waals surface area contributed by atoms with Crippen molar-refractivity contribution < 1.29 is 24.3 Å². The number of ether oxygens (including phenoxy) is 1. The quantitative estimate of drug-likeness (QED) is 0.512. The van der Waals surface area contributed by atoms with Gasteiger partial charge in [0, 0.05) is 26.2 Å². The van der Waals surface area contributed by atoms with Gasteiger partial charge in [0.2, 0.25) is 11.8 Å². The van der Waals surface area contributed by atoms with E-state index >= 15 is 0 Å². The third-order valence-corrected chi connectivity index (χ3v) is 7.80. The minimum absolute atomic E-state index is 0.180. The Morgan fingerprint density at radius 2 is 2.09 bits per heavy atom. The second kappa shape index (κ2) is 8.99. The maximum Gasteiger partial charge on any atom is 0.410 e. The number of hydroxylamine groups is 1. The fourth-order valence-electron chi connectivity index (χ4n) is 5.61. The lowest BCUT2D eigenvalue weighted by molar-refractivity contribution is -0.150. The number of carbonyl (C=O) groups is 3. The number of aryl methyl sites for hydroxylation is 1. The molecule has 1 aromatic heterocycles. The number of hydrogen-bond donors (Lipinski definition) is 2. The first-order valence-electron chi connectivity index (χ1n) is 12.1. The number of likely N-dealkylation sites (tertiary alicyclic amines) is 1. The van der Waals surface area contributed by atoms with Crippen molar-refractivity contribution in [3.05, 3.63) is 36.2 Å². The second-order valence-electron chi connectivity index (χ2n) is 9.83. The standard InChI is InChI=1S/C25H31N5O5/c1-3-28-15-26-19-5-4-17(12-20(19)28)16-6-10-29(11-7-16)23(32)21-18(22(31)27-34)13-25(8-9-25)14-30(21)24(33)35-2/h4-6,12,15,18,21,34H,3,7-11,13-14H2,1-2H3,(H,27,31). The molecule has 10 heteroatoms. The van der Waals surface area contributed by atoms with Crippen LogP contribution in [-0.4, -0.2) is 75.3 Å². The van der Waals surface area contributed by atoms with Gasteiger partial charge in [-0.25, -0.2) is 15.3 Å². The summed E-state index contributed by atoms with van der Waals surface area (Å²) in [6.45, 7) is 4.15. The number of fused-ring (bicyclic) bond motifs is 1. The minimum atomic E-state index is -1.01. The first kappa shape index (κ1) is 23.3. The summed E-state index contributed by atoms with van der Waals surface area (Å²) in [6.07, 6.45) is 6.13. The number of nitrogens with zero attached hydrogens (tertiary/aromatic N) is 4. The summed E-state index contributed by atoms with van der Waals surface area (Å²) in [7, 11) is 1.27. The Hall–Kier alpha value is -3.40. The normalized spacial score (nSPS) is 23.2. The van der Waals surface area contributed by atoms with Crippen molar-refractivity contribution in [3.8, 4) is 0 Å². The molecule has 3 heterocycles. The molecule has 186 valence electrons. The van der Waals surface area contributed by atoms with E-state index in [9.17, 15) is 19.6 Å². The molecule has 1 saturated carbocycles. The largest absolute Gasteiger partial charge is 0.453 e. The van der Waals surface area contributed by atoms with Crippen LogP contribution in [0.3, 0.4) is 0 Å². The van der Waals surface area contributed by atoms with Crippen LogP contribution < -0.4 is 5.48 Å².